The molecular formula is C10H14N2. The fourth-order valence-corrected chi connectivity index (χ4v) is 2.02. The van der Waals surface area contributed by atoms with Crippen molar-refractivity contribution < 1.29 is 0 Å². The first-order valence-electron chi connectivity index (χ1n) is 4.57. The highest BCUT2D eigenvalue weighted by Crippen LogP contribution is 2.32. The van der Waals surface area contributed by atoms with Crippen LogP contribution in [0.4, 0.5) is 0 Å². The molecule has 2 heteroatoms. The molecule has 0 amide bonds. The minimum absolute atomic E-state index is 0.337. The lowest BCUT2D eigenvalue weighted by molar-refractivity contribution is 0.260. The second-order valence-electron chi connectivity index (χ2n) is 3.77. The quantitative estimate of drug-likeness (QED) is 0.594. The Bertz CT molecular complexity index is 207. The zero-order valence-electron chi connectivity index (χ0n) is 7.45. The lowest BCUT2D eigenvalue weighted by Crippen LogP contribution is -2.19. The summed E-state index contributed by atoms with van der Waals surface area (Å²) >= 11 is 0. The van der Waals surface area contributed by atoms with Crippen molar-refractivity contribution in [3.05, 3.63) is 0 Å². The standard InChI is InChI=1S/C10H14N2/c1-8-3-2-4-9(5-8)10(6-11)7-12/h8-10H,2-5H2,1H3/t8-,9-/m1/s1. The molecule has 0 bridgehead atoms. The van der Waals surface area contributed by atoms with Gasteiger partial charge in [0.15, 0.2) is 0 Å². The summed E-state index contributed by atoms with van der Waals surface area (Å²) in [5.41, 5.74) is 0. The van der Waals surface area contributed by atoms with Gasteiger partial charge >= 0.3 is 0 Å². The van der Waals surface area contributed by atoms with Crippen molar-refractivity contribution in [1.29, 1.82) is 10.5 Å². The Morgan fingerprint density at radius 1 is 1.25 bits per heavy atom. The van der Waals surface area contributed by atoms with E-state index in [-0.39, 0.29) is 5.92 Å². The maximum atomic E-state index is 8.69. The van der Waals surface area contributed by atoms with E-state index < -0.39 is 0 Å². The van der Waals surface area contributed by atoms with Crippen LogP contribution < -0.4 is 0 Å². The van der Waals surface area contributed by atoms with Gasteiger partial charge in [-0.3, -0.25) is 0 Å². The fraction of sp³-hybridized carbons (Fsp3) is 0.800. The largest absolute Gasteiger partial charge is 0.197 e. The summed E-state index contributed by atoms with van der Waals surface area (Å²) in [4.78, 5) is 0. The van der Waals surface area contributed by atoms with Crippen LogP contribution in [0.15, 0.2) is 0 Å². The average molecular weight is 162 g/mol. The Balaban J connectivity index is 2.52. The molecule has 0 aromatic heterocycles. The molecule has 0 radical (unpaired) electrons. The van der Waals surface area contributed by atoms with E-state index >= 15 is 0 Å². The van der Waals surface area contributed by atoms with Gasteiger partial charge in [0.1, 0.15) is 5.92 Å². The van der Waals surface area contributed by atoms with Gasteiger partial charge in [-0.05, 0) is 24.7 Å². The molecule has 0 heterocycles. The number of hydrogen-bond acceptors (Lipinski definition) is 2. The van der Waals surface area contributed by atoms with Crippen molar-refractivity contribution >= 4 is 0 Å². The zero-order chi connectivity index (χ0) is 8.97. The SMILES string of the molecule is C[C@@H]1CCC[C@@H](C(C#N)C#N)C1. The van der Waals surface area contributed by atoms with Gasteiger partial charge in [0.2, 0.25) is 0 Å². The third kappa shape index (κ3) is 1.98. The highest BCUT2D eigenvalue weighted by atomic mass is 14.4. The summed E-state index contributed by atoms with van der Waals surface area (Å²) in [5, 5.41) is 17.4. The first-order chi connectivity index (χ1) is 5.77. The van der Waals surface area contributed by atoms with Gasteiger partial charge < -0.3 is 0 Å². The molecule has 0 aromatic carbocycles. The van der Waals surface area contributed by atoms with Crippen molar-refractivity contribution in [2.24, 2.45) is 17.8 Å². The van der Waals surface area contributed by atoms with Crippen molar-refractivity contribution in [2.45, 2.75) is 32.6 Å². The van der Waals surface area contributed by atoms with Crippen molar-refractivity contribution in [2.75, 3.05) is 0 Å². The van der Waals surface area contributed by atoms with E-state index in [0.29, 0.717) is 11.8 Å². The summed E-state index contributed by atoms with van der Waals surface area (Å²) in [6.45, 7) is 2.21. The number of nitriles is 2. The number of nitrogens with zero attached hydrogens (tertiary/aromatic N) is 2. The second-order valence-corrected chi connectivity index (χ2v) is 3.77. The van der Waals surface area contributed by atoms with Gasteiger partial charge in [-0.15, -0.1) is 0 Å². The predicted octanol–water partition coefficient (Wildman–Crippen LogP) is 2.48. The highest BCUT2D eigenvalue weighted by molar-refractivity contribution is 5.03. The predicted molar refractivity (Wildman–Crippen MR) is 45.8 cm³/mol. The van der Waals surface area contributed by atoms with E-state index in [0.717, 1.165) is 12.8 Å². The van der Waals surface area contributed by atoms with Crippen molar-refractivity contribution in [1.82, 2.24) is 0 Å². The minimum atomic E-state index is -0.368. The molecule has 12 heavy (non-hydrogen) atoms. The average Bonchev–Trinajstić information content (AvgIpc) is 2.07. The van der Waals surface area contributed by atoms with Gasteiger partial charge in [-0.25, -0.2) is 0 Å². The van der Waals surface area contributed by atoms with Gasteiger partial charge in [-0.1, -0.05) is 19.8 Å². The summed E-state index contributed by atoms with van der Waals surface area (Å²) in [5.74, 6) is 0.671. The van der Waals surface area contributed by atoms with Crippen LogP contribution in [-0.2, 0) is 0 Å². The van der Waals surface area contributed by atoms with E-state index in [2.05, 4.69) is 19.1 Å². The molecule has 1 fully saturated rings. The fourth-order valence-electron chi connectivity index (χ4n) is 2.02. The lowest BCUT2D eigenvalue weighted by atomic mass is 9.77. The molecule has 64 valence electrons. The van der Waals surface area contributed by atoms with Crippen LogP contribution in [0.1, 0.15) is 32.6 Å². The molecule has 0 aliphatic heterocycles. The minimum Gasteiger partial charge on any atom is -0.197 e. The summed E-state index contributed by atoms with van der Waals surface area (Å²) in [7, 11) is 0. The monoisotopic (exact) mass is 162 g/mol. The van der Waals surface area contributed by atoms with Gasteiger partial charge in [0.05, 0.1) is 12.1 Å². The first kappa shape index (κ1) is 9.07. The van der Waals surface area contributed by atoms with E-state index in [9.17, 15) is 0 Å². The maximum absolute atomic E-state index is 8.69. The van der Waals surface area contributed by atoms with E-state index in [4.69, 9.17) is 10.5 Å². The molecule has 1 aliphatic carbocycles. The van der Waals surface area contributed by atoms with Crippen LogP contribution in [0.5, 0.6) is 0 Å². The van der Waals surface area contributed by atoms with Gasteiger partial charge in [-0.2, -0.15) is 10.5 Å². The lowest BCUT2D eigenvalue weighted by Gasteiger charge is -2.26. The highest BCUT2D eigenvalue weighted by Gasteiger charge is 2.26. The Morgan fingerprint density at radius 2 is 1.92 bits per heavy atom. The Labute approximate surface area is 73.8 Å². The van der Waals surface area contributed by atoms with Crippen LogP contribution in [0.2, 0.25) is 0 Å². The molecule has 1 rings (SSSR count). The molecule has 2 atom stereocenters. The maximum Gasteiger partial charge on any atom is 0.136 e. The van der Waals surface area contributed by atoms with Crippen LogP contribution in [-0.4, -0.2) is 0 Å². The van der Waals surface area contributed by atoms with Crippen molar-refractivity contribution in [3.63, 3.8) is 0 Å². The van der Waals surface area contributed by atoms with E-state index in [1.165, 1.54) is 12.8 Å². The van der Waals surface area contributed by atoms with E-state index in [1.54, 1.807) is 0 Å². The number of rotatable bonds is 1. The van der Waals surface area contributed by atoms with Crippen molar-refractivity contribution in [3.8, 4) is 12.1 Å². The Hall–Kier alpha value is -1.02. The molecule has 0 aromatic rings. The van der Waals surface area contributed by atoms with Crippen LogP contribution in [0.25, 0.3) is 0 Å². The molecule has 0 N–H and O–H groups in total. The third-order valence-corrected chi connectivity index (χ3v) is 2.73. The Morgan fingerprint density at radius 3 is 2.42 bits per heavy atom. The number of hydrogen-bond donors (Lipinski definition) is 0. The molecule has 0 saturated heterocycles. The summed E-state index contributed by atoms with van der Waals surface area (Å²) < 4.78 is 0. The zero-order valence-corrected chi connectivity index (χ0v) is 7.45. The molecule has 0 unspecified atom stereocenters. The van der Waals surface area contributed by atoms with Crippen LogP contribution in [0, 0.1) is 40.4 Å². The Kier molecular flexibility index (Phi) is 3.11. The smallest absolute Gasteiger partial charge is 0.136 e. The molecule has 1 aliphatic rings. The summed E-state index contributed by atoms with van der Waals surface area (Å²) in [6.07, 6.45) is 4.58. The third-order valence-electron chi connectivity index (χ3n) is 2.73. The molecular weight excluding hydrogens is 148 g/mol. The normalized spacial score (nSPS) is 29.3. The van der Waals surface area contributed by atoms with Gasteiger partial charge in [0, 0.05) is 0 Å². The topological polar surface area (TPSA) is 47.6 Å². The van der Waals surface area contributed by atoms with Crippen LogP contribution in [0.3, 0.4) is 0 Å². The van der Waals surface area contributed by atoms with Crippen LogP contribution >= 0.6 is 0 Å². The van der Waals surface area contributed by atoms with E-state index in [1.807, 2.05) is 0 Å². The molecule has 2 nitrogen and oxygen atoms in total. The molecule has 0 spiro atoms. The summed E-state index contributed by atoms with van der Waals surface area (Å²) in [6, 6.07) is 4.16. The second kappa shape index (κ2) is 4.12. The molecule has 1 saturated carbocycles. The van der Waals surface area contributed by atoms with Gasteiger partial charge in [0.25, 0.3) is 0 Å². The first-order valence-corrected chi connectivity index (χ1v) is 4.57.